The summed E-state index contributed by atoms with van der Waals surface area (Å²) in [5.41, 5.74) is 1.03. The van der Waals surface area contributed by atoms with Crippen LogP contribution in [-0.2, 0) is 11.2 Å². The highest BCUT2D eigenvalue weighted by Crippen LogP contribution is 2.48. The van der Waals surface area contributed by atoms with E-state index in [4.69, 9.17) is 4.74 Å². The van der Waals surface area contributed by atoms with Gasteiger partial charge >= 0.3 is 0 Å². The van der Waals surface area contributed by atoms with Gasteiger partial charge in [-0.25, -0.2) is 0 Å². The molecule has 0 saturated heterocycles. The molecule has 0 radical (unpaired) electrons. The first kappa shape index (κ1) is 15.3. The minimum atomic E-state index is -0.588. The van der Waals surface area contributed by atoms with Crippen molar-refractivity contribution in [3.63, 3.8) is 0 Å². The summed E-state index contributed by atoms with van der Waals surface area (Å²) in [5, 5.41) is 20.2. The van der Waals surface area contributed by atoms with Crippen LogP contribution in [0.2, 0.25) is 0 Å². The zero-order valence-corrected chi connectivity index (χ0v) is 12.7. The first-order valence-electron chi connectivity index (χ1n) is 7.78. The molecule has 2 N–H and O–H groups in total. The second kappa shape index (κ2) is 6.23. The maximum Gasteiger partial charge on any atom is 0.136 e. The Bertz CT molecular complexity index is 563. The van der Waals surface area contributed by atoms with E-state index < -0.39 is 12.2 Å². The van der Waals surface area contributed by atoms with Crippen LogP contribution in [0.25, 0.3) is 0 Å². The van der Waals surface area contributed by atoms with E-state index in [1.54, 1.807) is 13.2 Å². The second-order valence-electron chi connectivity index (χ2n) is 6.33. The minimum Gasteiger partial charge on any atom is -0.497 e. The molecule has 3 unspecified atom stereocenters. The third-order valence-electron chi connectivity index (χ3n) is 4.96. The van der Waals surface area contributed by atoms with Crippen molar-refractivity contribution in [1.29, 1.82) is 0 Å². The summed E-state index contributed by atoms with van der Waals surface area (Å²) in [6, 6.07) is 7.61. The number of methoxy groups -OCH3 is 1. The Labute approximate surface area is 130 Å². The van der Waals surface area contributed by atoms with Gasteiger partial charge in [0.15, 0.2) is 0 Å². The van der Waals surface area contributed by atoms with E-state index in [0.29, 0.717) is 19.3 Å². The van der Waals surface area contributed by atoms with E-state index >= 15 is 0 Å². The number of fused-ring (bicyclic) bond motifs is 1. The van der Waals surface area contributed by atoms with Crippen molar-refractivity contribution in [2.75, 3.05) is 7.11 Å². The molecule has 5 atom stereocenters. The van der Waals surface area contributed by atoms with Crippen LogP contribution in [0.3, 0.4) is 0 Å². The molecule has 2 fully saturated rings. The molecule has 0 spiro atoms. The molecule has 4 heteroatoms. The molecule has 118 valence electrons. The molecular weight excluding hydrogens is 280 g/mol. The van der Waals surface area contributed by atoms with Gasteiger partial charge in [-0.15, -0.1) is 0 Å². The number of aliphatic hydroxyl groups is 2. The van der Waals surface area contributed by atoms with Gasteiger partial charge in [-0.05, 0) is 30.0 Å². The van der Waals surface area contributed by atoms with Crippen LogP contribution in [0.15, 0.2) is 36.4 Å². The number of ketones is 1. The SMILES string of the molecule is COc1ccc(CC(O)C=CC2C(O)C[C@@H]3C(=O)C[C@@H]23)cc1. The summed E-state index contributed by atoms with van der Waals surface area (Å²) in [6.07, 6.45) is 4.29. The van der Waals surface area contributed by atoms with E-state index in [9.17, 15) is 15.0 Å². The van der Waals surface area contributed by atoms with Crippen molar-refractivity contribution in [3.8, 4) is 5.75 Å². The van der Waals surface area contributed by atoms with Crippen LogP contribution in [0.1, 0.15) is 18.4 Å². The fraction of sp³-hybridized carbons (Fsp3) is 0.500. The average Bonchev–Trinajstić information content (AvgIpc) is 2.77. The van der Waals surface area contributed by atoms with Crippen molar-refractivity contribution < 1.29 is 19.7 Å². The quantitative estimate of drug-likeness (QED) is 0.813. The third kappa shape index (κ3) is 2.94. The normalized spacial score (nSPS) is 31.9. The summed E-state index contributed by atoms with van der Waals surface area (Å²) >= 11 is 0. The van der Waals surface area contributed by atoms with E-state index in [1.165, 1.54) is 0 Å². The van der Waals surface area contributed by atoms with Gasteiger partial charge in [0.05, 0.1) is 19.3 Å². The lowest BCUT2D eigenvalue weighted by Crippen LogP contribution is -2.35. The summed E-state index contributed by atoms with van der Waals surface area (Å²) in [5.74, 6) is 1.39. The summed E-state index contributed by atoms with van der Waals surface area (Å²) in [7, 11) is 1.62. The Kier molecular flexibility index (Phi) is 4.32. The third-order valence-corrected chi connectivity index (χ3v) is 4.96. The Hall–Kier alpha value is -1.65. The molecule has 0 bridgehead atoms. The molecule has 3 rings (SSSR count). The Morgan fingerprint density at radius 1 is 1.36 bits per heavy atom. The summed E-state index contributed by atoms with van der Waals surface area (Å²) in [6.45, 7) is 0. The average molecular weight is 302 g/mol. The molecule has 0 aromatic heterocycles. The van der Waals surface area contributed by atoms with Crippen molar-refractivity contribution >= 4 is 5.78 Å². The number of Topliss-reactive ketones (excluding diaryl/α,β-unsaturated/α-hetero) is 1. The number of hydrogen-bond acceptors (Lipinski definition) is 4. The smallest absolute Gasteiger partial charge is 0.136 e. The molecule has 2 saturated carbocycles. The maximum atomic E-state index is 11.4. The fourth-order valence-electron chi connectivity index (χ4n) is 3.62. The Morgan fingerprint density at radius 2 is 2.09 bits per heavy atom. The first-order valence-corrected chi connectivity index (χ1v) is 7.78. The van der Waals surface area contributed by atoms with Crippen molar-refractivity contribution in [3.05, 3.63) is 42.0 Å². The number of benzene rings is 1. The molecular formula is C18H22O4. The van der Waals surface area contributed by atoms with Crippen LogP contribution in [-0.4, -0.2) is 35.3 Å². The van der Waals surface area contributed by atoms with E-state index in [1.807, 2.05) is 30.3 Å². The number of carbonyl (C=O) groups excluding carboxylic acids is 1. The number of rotatable bonds is 5. The van der Waals surface area contributed by atoms with Gasteiger partial charge in [-0.1, -0.05) is 24.3 Å². The second-order valence-corrected chi connectivity index (χ2v) is 6.33. The largest absolute Gasteiger partial charge is 0.497 e. The van der Waals surface area contributed by atoms with Crippen LogP contribution in [0, 0.1) is 17.8 Å². The fourth-order valence-corrected chi connectivity index (χ4v) is 3.62. The van der Waals surface area contributed by atoms with Gasteiger partial charge in [0.1, 0.15) is 11.5 Å². The molecule has 1 aromatic rings. The molecule has 4 nitrogen and oxygen atoms in total. The number of carbonyl (C=O) groups is 1. The van der Waals surface area contributed by atoms with Crippen molar-refractivity contribution in [1.82, 2.24) is 0 Å². The number of ether oxygens (including phenoxy) is 1. The Morgan fingerprint density at radius 3 is 2.68 bits per heavy atom. The molecule has 22 heavy (non-hydrogen) atoms. The van der Waals surface area contributed by atoms with Gasteiger partial charge in [0.2, 0.25) is 0 Å². The molecule has 0 aliphatic heterocycles. The lowest BCUT2D eigenvalue weighted by Gasteiger charge is -2.31. The van der Waals surface area contributed by atoms with Crippen LogP contribution in [0.5, 0.6) is 5.75 Å². The molecule has 0 heterocycles. The van der Waals surface area contributed by atoms with Crippen LogP contribution < -0.4 is 4.74 Å². The lowest BCUT2D eigenvalue weighted by molar-refractivity contribution is -0.133. The molecule has 2 aliphatic rings. The van der Waals surface area contributed by atoms with Gasteiger partial charge in [-0.2, -0.15) is 0 Å². The van der Waals surface area contributed by atoms with E-state index in [-0.39, 0.29) is 23.5 Å². The van der Waals surface area contributed by atoms with Crippen LogP contribution >= 0.6 is 0 Å². The topological polar surface area (TPSA) is 66.8 Å². The van der Waals surface area contributed by atoms with Crippen LogP contribution in [0.4, 0.5) is 0 Å². The highest BCUT2D eigenvalue weighted by atomic mass is 16.5. The van der Waals surface area contributed by atoms with Crippen molar-refractivity contribution in [2.45, 2.75) is 31.5 Å². The van der Waals surface area contributed by atoms with E-state index in [2.05, 4.69) is 0 Å². The van der Waals surface area contributed by atoms with Crippen molar-refractivity contribution in [2.24, 2.45) is 17.8 Å². The maximum absolute atomic E-state index is 11.4. The summed E-state index contributed by atoms with van der Waals surface area (Å²) < 4.78 is 5.11. The summed E-state index contributed by atoms with van der Waals surface area (Å²) in [4.78, 5) is 11.4. The highest BCUT2D eigenvalue weighted by Gasteiger charge is 2.51. The monoisotopic (exact) mass is 302 g/mol. The van der Waals surface area contributed by atoms with Gasteiger partial charge in [-0.3, -0.25) is 4.79 Å². The zero-order valence-electron chi connectivity index (χ0n) is 12.7. The molecule has 2 aliphatic carbocycles. The van der Waals surface area contributed by atoms with E-state index in [0.717, 1.165) is 11.3 Å². The first-order chi connectivity index (χ1) is 10.6. The molecule has 1 aromatic carbocycles. The number of hydrogen-bond donors (Lipinski definition) is 2. The lowest BCUT2D eigenvalue weighted by atomic mass is 9.71. The van der Waals surface area contributed by atoms with Gasteiger partial charge < -0.3 is 14.9 Å². The van der Waals surface area contributed by atoms with Gasteiger partial charge in [0.25, 0.3) is 0 Å². The zero-order chi connectivity index (χ0) is 15.7. The minimum absolute atomic E-state index is 0.00761. The molecule has 0 amide bonds. The number of aliphatic hydroxyl groups excluding tert-OH is 2. The highest BCUT2D eigenvalue weighted by molar-refractivity contribution is 5.88. The standard InChI is InChI=1S/C18H22O4/c1-22-13-5-2-11(3-6-13)8-12(19)4-7-14-15-9-18(21)16(15)10-17(14)20/h2-7,12,14-17,19-20H,8-10H2,1H3/t12?,14?,15-,16-,17?/m0/s1. The van der Waals surface area contributed by atoms with Gasteiger partial charge in [0, 0.05) is 24.7 Å². The predicted molar refractivity (Wildman–Crippen MR) is 82.6 cm³/mol. The predicted octanol–water partition coefficient (Wildman–Crippen LogP) is 1.74. The Balaban J connectivity index is 1.56.